The van der Waals surface area contributed by atoms with Crippen LogP contribution in [0, 0.1) is 12.3 Å². The maximum Gasteiger partial charge on any atom is 0.0934 e. The van der Waals surface area contributed by atoms with Gasteiger partial charge in [0.15, 0.2) is 0 Å². The summed E-state index contributed by atoms with van der Waals surface area (Å²) in [6.07, 6.45) is 7.74. The topological polar surface area (TPSA) is 12.9 Å². The Labute approximate surface area is 101 Å². The number of halogens is 1. The molecule has 0 aliphatic heterocycles. The fourth-order valence-corrected chi connectivity index (χ4v) is 3.77. The lowest BCUT2D eigenvalue weighted by molar-refractivity contribution is 0.219. The first-order chi connectivity index (χ1) is 7.24. The van der Waals surface area contributed by atoms with Gasteiger partial charge >= 0.3 is 0 Å². The molecule has 84 valence electrons. The molecule has 3 heteroatoms. The molecule has 1 aliphatic rings. The maximum atomic E-state index is 6.17. The van der Waals surface area contributed by atoms with Crippen LogP contribution in [0.5, 0.6) is 0 Å². The van der Waals surface area contributed by atoms with Crippen LogP contribution in [0.1, 0.15) is 42.8 Å². The second-order valence-electron chi connectivity index (χ2n) is 4.75. The van der Waals surface area contributed by atoms with Crippen LogP contribution in [-0.4, -0.2) is 10.9 Å². The van der Waals surface area contributed by atoms with E-state index in [1.165, 1.54) is 37.1 Å². The van der Waals surface area contributed by atoms with Crippen molar-refractivity contribution in [3.8, 4) is 0 Å². The number of alkyl halides is 1. The lowest BCUT2D eigenvalue weighted by atomic mass is 9.73. The summed E-state index contributed by atoms with van der Waals surface area (Å²) in [6, 6.07) is 0. The quantitative estimate of drug-likeness (QED) is 0.726. The molecule has 2 rings (SSSR count). The smallest absolute Gasteiger partial charge is 0.0934 e. The molecule has 1 aromatic heterocycles. The highest BCUT2D eigenvalue weighted by Crippen LogP contribution is 2.40. The molecule has 0 atom stereocenters. The van der Waals surface area contributed by atoms with E-state index >= 15 is 0 Å². The molecule has 0 bridgehead atoms. The van der Waals surface area contributed by atoms with Crippen molar-refractivity contribution in [3.63, 3.8) is 0 Å². The fraction of sp³-hybridized carbons (Fsp3) is 0.750. The Morgan fingerprint density at radius 3 is 2.67 bits per heavy atom. The summed E-state index contributed by atoms with van der Waals surface area (Å²) in [7, 11) is 0. The van der Waals surface area contributed by atoms with Gasteiger partial charge < -0.3 is 0 Å². The van der Waals surface area contributed by atoms with Crippen molar-refractivity contribution in [1.29, 1.82) is 0 Å². The van der Waals surface area contributed by atoms with Crippen molar-refractivity contribution in [2.24, 2.45) is 5.41 Å². The molecule has 0 radical (unpaired) electrons. The van der Waals surface area contributed by atoms with Gasteiger partial charge in [-0.05, 0) is 25.2 Å². The van der Waals surface area contributed by atoms with Crippen molar-refractivity contribution in [3.05, 3.63) is 16.1 Å². The number of hydrogen-bond acceptors (Lipinski definition) is 2. The number of nitrogens with zero attached hydrogens (tertiary/aromatic N) is 1. The Hall–Kier alpha value is -0.0800. The van der Waals surface area contributed by atoms with Gasteiger partial charge in [0.2, 0.25) is 0 Å². The van der Waals surface area contributed by atoms with Crippen molar-refractivity contribution in [2.45, 2.75) is 45.4 Å². The molecule has 0 N–H and O–H groups in total. The molecule has 1 saturated carbocycles. The monoisotopic (exact) mass is 243 g/mol. The standard InChI is InChI=1S/C12H18ClNS/c1-10-8-15-11(14-10)7-12(9-13)5-3-2-4-6-12/h8H,2-7,9H2,1H3. The third kappa shape index (κ3) is 2.73. The maximum absolute atomic E-state index is 6.17. The predicted octanol–water partition coefficient (Wildman–Crippen LogP) is 4.18. The van der Waals surface area contributed by atoms with Crippen molar-refractivity contribution < 1.29 is 0 Å². The second kappa shape index (κ2) is 4.84. The first-order valence-electron chi connectivity index (χ1n) is 5.71. The second-order valence-corrected chi connectivity index (χ2v) is 5.96. The zero-order valence-corrected chi connectivity index (χ0v) is 10.8. The van der Waals surface area contributed by atoms with Crippen LogP contribution < -0.4 is 0 Å². The third-order valence-electron chi connectivity index (χ3n) is 3.39. The molecule has 1 nitrogen and oxygen atoms in total. The SMILES string of the molecule is Cc1csc(CC2(CCl)CCCCC2)n1. The number of aryl methyl sites for hydroxylation is 1. The average Bonchev–Trinajstić information content (AvgIpc) is 2.65. The predicted molar refractivity (Wildman–Crippen MR) is 66.8 cm³/mol. The highest BCUT2D eigenvalue weighted by atomic mass is 35.5. The Bertz CT molecular complexity index is 315. The molecular weight excluding hydrogens is 226 g/mol. The van der Waals surface area contributed by atoms with E-state index in [2.05, 4.69) is 17.3 Å². The minimum atomic E-state index is 0.351. The Morgan fingerprint density at radius 1 is 1.40 bits per heavy atom. The van der Waals surface area contributed by atoms with Crippen LogP contribution in [0.15, 0.2) is 5.38 Å². The van der Waals surface area contributed by atoms with Gasteiger partial charge in [-0.2, -0.15) is 0 Å². The molecule has 1 aliphatic carbocycles. The Balaban J connectivity index is 2.06. The fourth-order valence-electron chi connectivity index (χ4n) is 2.46. The van der Waals surface area contributed by atoms with E-state index in [-0.39, 0.29) is 0 Å². The van der Waals surface area contributed by atoms with Gasteiger partial charge in [-0.3, -0.25) is 0 Å². The lowest BCUT2D eigenvalue weighted by Crippen LogP contribution is -2.28. The highest BCUT2D eigenvalue weighted by Gasteiger charge is 2.32. The number of hydrogen-bond donors (Lipinski definition) is 0. The molecule has 0 spiro atoms. The van der Waals surface area contributed by atoms with Crippen LogP contribution in [0.2, 0.25) is 0 Å². The van der Waals surface area contributed by atoms with Gasteiger partial charge in [0.1, 0.15) is 0 Å². The molecule has 15 heavy (non-hydrogen) atoms. The molecule has 0 amide bonds. The molecule has 0 aromatic carbocycles. The van der Waals surface area contributed by atoms with Crippen LogP contribution in [-0.2, 0) is 6.42 Å². The summed E-state index contributed by atoms with van der Waals surface area (Å²) in [4.78, 5) is 4.56. The van der Waals surface area contributed by atoms with E-state index in [0.717, 1.165) is 18.0 Å². The van der Waals surface area contributed by atoms with Crippen molar-refractivity contribution >= 4 is 22.9 Å². The van der Waals surface area contributed by atoms with Crippen molar-refractivity contribution in [1.82, 2.24) is 4.98 Å². The Morgan fingerprint density at radius 2 is 2.13 bits per heavy atom. The van der Waals surface area contributed by atoms with Crippen molar-refractivity contribution in [2.75, 3.05) is 5.88 Å². The average molecular weight is 244 g/mol. The van der Waals surface area contributed by atoms with Gasteiger partial charge in [0, 0.05) is 23.4 Å². The third-order valence-corrected chi connectivity index (χ3v) is 4.92. The normalized spacial score (nSPS) is 20.4. The summed E-state index contributed by atoms with van der Waals surface area (Å²) < 4.78 is 0. The number of thiazole rings is 1. The van der Waals surface area contributed by atoms with Gasteiger partial charge in [-0.25, -0.2) is 4.98 Å². The molecule has 1 fully saturated rings. The van der Waals surface area contributed by atoms with E-state index in [4.69, 9.17) is 11.6 Å². The number of aromatic nitrogens is 1. The zero-order chi connectivity index (χ0) is 10.7. The van der Waals surface area contributed by atoms with E-state index in [1.54, 1.807) is 11.3 Å². The molecular formula is C12H18ClNS. The first-order valence-corrected chi connectivity index (χ1v) is 7.12. The summed E-state index contributed by atoms with van der Waals surface area (Å²) >= 11 is 7.96. The largest absolute Gasteiger partial charge is 0.247 e. The van der Waals surface area contributed by atoms with E-state index < -0.39 is 0 Å². The minimum Gasteiger partial charge on any atom is -0.247 e. The summed E-state index contributed by atoms with van der Waals surface area (Å²) in [5.41, 5.74) is 1.50. The van der Waals surface area contributed by atoms with E-state index in [0.29, 0.717) is 5.41 Å². The van der Waals surface area contributed by atoms with Gasteiger partial charge in [0.25, 0.3) is 0 Å². The first kappa shape index (κ1) is 11.4. The molecule has 1 heterocycles. The van der Waals surface area contributed by atoms with Crippen LogP contribution in [0.25, 0.3) is 0 Å². The molecule has 1 aromatic rings. The van der Waals surface area contributed by atoms with Gasteiger partial charge in [-0.15, -0.1) is 22.9 Å². The minimum absolute atomic E-state index is 0.351. The van der Waals surface area contributed by atoms with Gasteiger partial charge in [-0.1, -0.05) is 19.3 Å². The Kier molecular flexibility index (Phi) is 3.68. The molecule has 0 saturated heterocycles. The lowest BCUT2D eigenvalue weighted by Gasteiger charge is -2.34. The van der Waals surface area contributed by atoms with E-state index in [1.807, 2.05) is 0 Å². The molecule has 0 unspecified atom stereocenters. The zero-order valence-electron chi connectivity index (χ0n) is 9.26. The summed E-state index contributed by atoms with van der Waals surface area (Å²) in [6.45, 7) is 2.06. The van der Waals surface area contributed by atoms with Crippen LogP contribution in [0.4, 0.5) is 0 Å². The number of rotatable bonds is 3. The summed E-state index contributed by atoms with van der Waals surface area (Å²) in [5.74, 6) is 0.797. The highest BCUT2D eigenvalue weighted by molar-refractivity contribution is 7.09. The van der Waals surface area contributed by atoms with E-state index in [9.17, 15) is 0 Å². The van der Waals surface area contributed by atoms with Crippen LogP contribution in [0.3, 0.4) is 0 Å². The van der Waals surface area contributed by atoms with Gasteiger partial charge in [0.05, 0.1) is 5.01 Å². The summed E-state index contributed by atoms with van der Waals surface area (Å²) in [5, 5.41) is 3.41. The van der Waals surface area contributed by atoms with Crippen LogP contribution >= 0.6 is 22.9 Å².